The van der Waals surface area contributed by atoms with Gasteiger partial charge in [-0.1, -0.05) is 12.1 Å². The molecule has 1 aliphatic heterocycles. The fraction of sp³-hybridized carbons (Fsp3) is 0.500. The van der Waals surface area contributed by atoms with Gasteiger partial charge in [-0.05, 0) is 37.0 Å². The van der Waals surface area contributed by atoms with Crippen LogP contribution >= 0.6 is 0 Å². The van der Waals surface area contributed by atoms with Crippen LogP contribution in [-0.4, -0.2) is 18.3 Å². The Morgan fingerprint density at radius 1 is 1.43 bits per heavy atom. The van der Waals surface area contributed by atoms with Crippen LogP contribution in [-0.2, 0) is 6.42 Å². The molecule has 0 aliphatic carbocycles. The molecule has 1 N–H and O–H groups in total. The zero-order valence-electron chi connectivity index (χ0n) is 8.71. The molecule has 1 aromatic carbocycles. The first kappa shape index (κ1) is 9.53. The smallest absolute Gasteiger partial charge is 0.125 e. The molecule has 2 rings (SSSR count). The molecule has 0 saturated heterocycles. The van der Waals surface area contributed by atoms with Gasteiger partial charge in [-0.2, -0.15) is 0 Å². The second-order valence-electron chi connectivity index (χ2n) is 4.06. The second kappa shape index (κ2) is 3.62. The van der Waals surface area contributed by atoms with Crippen LogP contribution in [0.25, 0.3) is 0 Å². The molecular weight excluding hydrogens is 176 g/mol. The van der Waals surface area contributed by atoms with Crippen molar-refractivity contribution in [1.29, 1.82) is 0 Å². The molecule has 76 valence electrons. The van der Waals surface area contributed by atoms with Crippen molar-refractivity contribution in [2.24, 2.45) is 5.92 Å². The van der Waals surface area contributed by atoms with Gasteiger partial charge < -0.3 is 9.84 Å². The number of benzene rings is 1. The third-order valence-corrected chi connectivity index (χ3v) is 2.99. The summed E-state index contributed by atoms with van der Waals surface area (Å²) in [6.45, 7) is 5.05. The minimum atomic E-state index is 0.215. The summed E-state index contributed by atoms with van der Waals surface area (Å²) < 4.78 is 5.68. The Balaban J connectivity index is 2.36. The molecule has 0 unspecified atom stereocenters. The van der Waals surface area contributed by atoms with Crippen molar-refractivity contribution in [3.05, 3.63) is 28.8 Å². The highest BCUT2D eigenvalue weighted by Gasteiger charge is 2.20. The number of hydrogen-bond acceptors (Lipinski definition) is 2. The minimum absolute atomic E-state index is 0.215. The maximum Gasteiger partial charge on any atom is 0.125 e. The molecule has 0 radical (unpaired) electrons. The third-order valence-electron chi connectivity index (χ3n) is 2.99. The summed E-state index contributed by atoms with van der Waals surface area (Å²) in [5.41, 5.74) is 3.74. The van der Waals surface area contributed by atoms with E-state index in [-0.39, 0.29) is 12.5 Å². The third kappa shape index (κ3) is 1.50. The Labute approximate surface area is 84.5 Å². The highest BCUT2D eigenvalue weighted by molar-refractivity contribution is 5.46. The second-order valence-corrected chi connectivity index (χ2v) is 4.06. The summed E-state index contributed by atoms with van der Waals surface area (Å²) in [6.07, 6.45) is 0.937. The van der Waals surface area contributed by atoms with Crippen LogP contribution in [0.2, 0.25) is 0 Å². The number of hydrogen-bond donors (Lipinski definition) is 1. The summed E-state index contributed by atoms with van der Waals surface area (Å²) >= 11 is 0. The summed E-state index contributed by atoms with van der Waals surface area (Å²) in [7, 11) is 0. The van der Waals surface area contributed by atoms with E-state index in [9.17, 15) is 0 Å². The van der Waals surface area contributed by atoms with Crippen molar-refractivity contribution < 1.29 is 9.84 Å². The average molecular weight is 192 g/mol. The van der Waals surface area contributed by atoms with Gasteiger partial charge in [0.1, 0.15) is 5.75 Å². The molecule has 0 bridgehead atoms. The van der Waals surface area contributed by atoms with Crippen LogP contribution in [0.15, 0.2) is 12.1 Å². The standard InChI is InChI=1S/C12H16O2/c1-8-3-4-11-5-10(6-13)7-14-12(11)9(8)2/h3-4,10,13H,5-7H2,1-2H3/t10-/m0/s1. The normalized spacial score (nSPS) is 20.1. The topological polar surface area (TPSA) is 29.5 Å². The van der Waals surface area contributed by atoms with Gasteiger partial charge in [0.15, 0.2) is 0 Å². The highest BCUT2D eigenvalue weighted by atomic mass is 16.5. The lowest BCUT2D eigenvalue weighted by Gasteiger charge is -2.25. The summed E-state index contributed by atoms with van der Waals surface area (Å²) in [5, 5.41) is 9.06. The van der Waals surface area contributed by atoms with Gasteiger partial charge in [0.25, 0.3) is 0 Å². The van der Waals surface area contributed by atoms with Gasteiger partial charge in [-0.25, -0.2) is 0 Å². The first-order chi connectivity index (χ1) is 6.72. The Kier molecular flexibility index (Phi) is 2.46. The van der Waals surface area contributed by atoms with Crippen molar-refractivity contribution in [2.45, 2.75) is 20.3 Å². The molecule has 1 heterocycles. The largest absolute Gasteiger partial charge is 0.493 e. The maximum absolute atomic E-state index is 9.06. The fourth-order valence-corrected chi connectivity index (χ4v) is 1.90. The predicted octanol–water partition coefficient (Wildman–Crippen LogP) is 1.85. The number of rotatable bonds is 1. The molecule has 2 heteroatoms. The first-order valence-corrected chi connectivity index (χ1v) is 5.05. The quantitative estimate of drug-likeness (QED) is 0.735. The van der Waals surface area contributed by atoms with Crippen molar-refractivity contribution >= 4 is 0 Å². The molecule has 0 spiro atoms. The Morgan fingerprint density at radius 2 is 2.21 bits per heavy atom. The molecule has 2 nitrogen and oxygen atoms in total. The van der Waals surface area contributed by atoms with Crippen LogP contribution in [0, 0.1) is 19.8 Å². The van der Waals surface area contributed by atoms with Crippen LogP contribution in [0.5, 0.6) is 5.75 Å². The van der Waals surface area contributed by atoms with Gasteiger partial charge in [0.05, 0.1) is 6.61 Å². The lowest BCUT2D eigenvalue weighted by atomic mass is 9.94. The van der Waals surface area contributed by atoms with Gasteiger partial charge in [0, 0.05) is 12.5 Å². The number of aliphatic hydroxyl groups excluding tert-OH is 1. The summed E-state index contributed by atoms with van der Waals surface area (Å²) in [4.78, 5) is 0. The lowest BCUT2D eigenvalue weighted by Crippen LogP contribution is -2.24. The lowest BCUT2D eigenvalue weighted by molar-refractivity contribution is 0.146. The molecule has 0 amide bonds. The number of aliphatic hydroxyl groups is 1. The van der Waals surface area contributed by atoms with Gasteiger partial charge in [-0.3, -0.25) is 0 Å². The molecule has 14 heavy (non-hydrogen) atoms. The molecule has 0 aromatic heterocycles. The van der Waals surface area contributed by atoms with E-state index < -0.39 is 0 Å². The van der Waals surface area contributed by atoms with E-state index in [1.54, 1.807) is 0 Å². The number of fused-ring (bicyclic) bond motifs is 1. The maximum atomic E-state index is 9.06. The Bertz CT molecular complexity index is 344. The van der Waals surface area contributed by atoms with Crippen LogP contribution in [0.1, 0.15) is 16.7 Å². The molecule has 1 aliphatic rings. The SMILES string of the molecule is Cc1ccc2c(c1C)OC[C@H](CO)C2. The average Bonchev–Trinajstić information content (AvgIpc) is 2.23. The van der Waals surface area contributed by atoms with Crippen LogP contribution in [0.4, 0.5) is 0 Å². The van der Waals surface area contributed by atoms with Crippen LogP contribution in [0.3, 0.4) is 0 Å². The number of ether oxygens (including phenoxy) is 1. The van der Waals surface area contributed by atoms with Crippen molar-refractivity contribution in [3.8, 4) is 5.75 Å². The molecule has 0 fully saturated rings. The molecular formula is C12H16O2. The Hall–Kier alpha value is -1.02. The Morgan fingerprint density at radius 3 is 2.93 bits per heavy atom. The van der Waals surface area contributed by atoms with E-state index in [2.05, 4.69) is 26.0 Å². The van der Waals surface area contributed by atoms with E-state index in [0.29, 0.717) is 6.61 Å². The van der Waals surface area contributed by atoms with Crippen molar-refractivity contribution in [1.82, 2.24) is 0 Å². The monoisotopic (exact) mass is 192 g/mol. The van der Waals surface area contributed by atoms with Gasteiger partial charge >= 0.3 is 0 Å². The van der Waals surface area contributed by atoms with Gasteiger partial charge in [0.2, 0.25) is 0 Å². The zero-order chi connectivity index (χ0) is 10.1. The minimum Gasteiger partial charge on any atom is -0.493 e. The van der Waals surface area contributed by atoms with E-state index >= 15 is 0 Å². The van der Waals surface area contributed by atoms with Crippen molar-refractivity contribution in [2.75, 3.05) is 13.2 Å². The fourth-order valence-electron chi connectivity index (χ4n) is 1.90. The highest BCUT2D eigenvalue weighted by Crippen LogP contribution is 2.32. The summed E-state index contributed by atoms with van der Waals surface area (Å²) in [5.74, 6) is 1.30. The van der Waals surface area contributed by atoms with Crippen LogP contribution < -0.4 is 4.74 Å². The molecule has 1 atom stereocenters. The zero-order valence-corrected chi connectivity index (χ0v) is 8.71. The summed E-state index contributed by atoms with van der Waals surface area (Å²) in [6, 6.07) is 4.23. The predicted molar refractivity (Wildman–Crippen MR) is 55.7 cm³/mol. The number of aryl methyl sites for hydroxylation is 1. The van der Waals surface area contributed by atoms with E-state index in [1.165, 1.54) is 16.7 Å². The molecule has 0 saturated carbocycles. The van der Waals surface area contributed by atoms with Crippen molar-refractivity contribution in [3.63, 3.8) is 0 Å². The van der Waals surface area contributed by atoms with E-state index in [4.69, 9.17) is 9.84 Å². The van der Waals surface area contributed by atoms with Gasteiger partial charge in [-0.15, -0.1) is 0 Å². The molecule has 1 aromatic rings. The van der Waals surface area contributed by atoms with E-state index in [1.807, 2.05) is 0 Å². The first-order valence-electron chi connectivity index (χ1n) is 5.05. The van der Waals surface area contributed by atoms with E-state index in [0.717, 1.165) is 12.2 Å².